The summed E-state index contributed by atoms with van der Waals surface area (Å²) >= 11 is 5.94. The summed E-state index contributed by atoms with van der Waals surface area (Å²) in [6, 6.07) is 13.2. The van der Waals surface area contributed by atoms with Crippen LogP contribution in [0.3, 0.4) is 0 Å². The predicted octanol–water partition coefficient (Wildman–Crippen LogP) is 4.37. The van der Waals surface area contributed by atoms with Gasteiger partial charge in [0, 0.05) is 16.6 Å². The zero-order valence-corrected chi connectivity index (χ0v) is 17.1. The van der Waals surface area contributed by atoms with Crippen LogP contribution in [0.5, 0.6) is 0 Å². The van der Waals surface area contributed by atoms with Gasteiger partial charge < -0.3 is 4.90 Å². The van der Waals surface area contributed by atoms with Gasteiger partial charge in [0.1, 0.15) is 6.04 Å². The number of carbonyl (C=O) groups is 3. The van der Waals surface area contributed by atoms with Gasteiger partial charge in [0.25, 0.3) is 11.8 Å². The molecule has 1 atom stereocenters. The fourth-order valence-corrected chi connectivity index (χ4v) is 4.49. The molecule has 29 heavy (non-hydrogen) atoms. The molecule has 5 nitrogen and oxygen atoms in total. The SMILES string of the molecule is Cc1cccc(C(=O)N(C2CCCC2)C2CC(=O)N(c3ccc(Cl)cc3)C2=O)c1. The quantitative estimate of drug-likeness (QED) is 0.703. The minimum absolute atomic E-state index is 0.00944. The van der Waals surface area contributed by atoms with Gasteiger partial charge >= 0.3 is 0 Å². The van der Waals surface area contributed by atoms with Gasteiger partial charge in [-0.25, -0.2) is 4.90 Å². The first kappa shape index (κ1) is 19.6. The number of nitrogens with zero attached hydrogens (tertiary/aromatic N) is 2. The van der Waals surface area contributed by atoms with Crippen molar-refractivity contribution in [2.75, 3.05) is 4.90 Å². The summed E-state index contributed by atoms with van der Waals surface area (Å²) in [6.45, 7) is 1.93. The number of hydrogen-bond donors (Lipinski definition) is 0. The molecule has 0 N–H and O–H groups in total. The third kappa shape index (κ3) is 3.79. The van der Waals surface area contributed by atoms with Gasteiger partial charge in [-0.15, -0.1) is 0 Å². The van der Waals surface area contributed by atoms with Crippen LogP contribution in [0.1, 0.15) is 48.0 Å². The number of aryl methyl sites for hydroxylation is 1. The van der Waals surface area contributed by atoms with Crippen molar-refractivity contribution in [2.24, 2.45) is 0 Å². The molecule has 2 aromatic carbocycles. The van der Waals surface area contributed by atoms with E-state index in [0.717, 1.165) is 31.2 Å². The monoisotopic (exact) mass is 410 g/mol. The van der Waals surface area contributed by atoms with Crippen LogP contribution in [0, 0.1) is 6.92 Å². The highest BCUT2D eigenvalue weighted by Crippen LogP contribution is 2.33. The summed E-state index contributed by atoms with van der Waals surface area (Å²) in [5.41, 5.74) is 2.03. The van der Waals surface area contributed by atoms with Crippen molar-refractivity contribution in [2.45, 2.75) is 51.1 Å². The molecule has 1 heterocycles. The molecule has 2 aliphatic rings. The summed E-state index contributed by atoms with van der Waals surface area (Å²) in [6.07, 6.45) is 3.78. The molecule has 3 amide bonds. The fraction of sp³-hybridized carbons (Fsp3) is 0.348. The molecule has 0 radical (unpaired) electrons. The first-order valence-corrected chi connectivity index (χ1v) is 10.3. The highest BCUT2D eigenvalue weighted by molar-refractivity contribution is 6.31. The van der Waals surface area contributed by atoms with Crippen molar-refractivity contribution >= 4 is 35.0 Å². The minimum Gasteiger partial charge on any atom is -0.323 e. The van der Waals surface area contributed by atoms with Crippen molar-refractivity contribution in [3.8, 4) is 0 Å². The molecule has 1 aliphatic carbocycles. The van der Waals surface area contributed by atoms with Crippen LogP contribution in [0.2, 0.25) is 5.02 Å². The van der Waals surface area contributed by atoms with E-state index in [1.807, 2.05) is 25.1 Å². The van der Waals surface area contributed by atoms with Gasteiger partial charge in [0.2, 0.25) is 5.91 Å². The van der Waals surface area contributed by atoms with Crippen LogP contribution in [0.25, 0.3) is 0 Å². The maximum absolute atomic E-state index is 13.4. The van der Waals surface area contributed by atoms with Crippen molar-refractivity contribution in [1.82, 2.24) is 4.90 Å². The Morgan fingerprint density at radius 2 is 1.76 bits per heavy atom. The molecule has 0 bridgehead atoms. The molecule has 150 valence electrons. The Kier molecular flexibility index (Phi) is 5.41. The van der Waals surface area contributed by atoms with Gasteiger partial charge in [-0.1, -0.05) is 42.1 Å². The summed E-state index contributed by atoms with van der Waals surface area (Å²) in [7, 11) is 0. The highest BCUT2D eigenvalue weighted by Gasteiger charge is 2.47. The Morgan fingerprint density at radius 3 is 2.41 bits per heavy atom. The molecule has 1 aliphatic heterocycles. The van der Waals surface area contributed by atoms with Crippen LogP contribution in [-0.4, -0.2) is 34.7 Å². The van der Waals surface area contributed by atoms with E-state index in [1.165, 1.54) is 4.90 Å². The Hall–Kier alpha value is -2.66. The van der Waals surface area contributed by atoms with E-state index in [4.69, 9.17) is 11.6 Å². The maximum Gasteiger partial charge on any atom is 0.257 e. The molecule has 4 rings (SSSR count). The lowest BCUT2D eigenvalue weighted by Crippen LogP contribution is -2.50. The van der Waals surface area contributed by atoms with Gasteiger partial charge in [0.05, 0.1) is 12.1 Å². The summed E-state index contributed by atoms with van der Waals surface area (Å²) in [5, 5.41) is 0.534. The normalized spacial score (nSPS) is 19.8. The summed E-state index contributed by atoms with van der Waals surface area (Å²) in [5.74, 6) is -0.808. The molecular weight excluding hydrogens is 388 g/mol. The standard InChI is InChI=1S/C23H23ClN2O3/c1-15-5-4-6-16(13-15)22(28)25(18-7-2-3-8-18)20-14-21(27)26(23(20)29)19-11-9-17(24)10-12-19/h4-6,9-13,18,20H,2-3,7-8,14H2,1H3. The molecule has 0 aromatic heterocycles. The molecule has 1 saturated heterocycles. The second-order valence-electron chi connectivity index (χ2n) is 7.78. The predicted molar refractivity (Wildman–Crippen MR) is 112 cm³/mol. The molecule has 1 saturated carbocycles. The van der Waals surface area contributed by atoms with Crippen molar-refractivity contribution in [3.63, 3.8) is 0 Å². The van der Waals surface area contributed by atoms with Crippen molar-refractivity contribution < 1.29 is 14.4 Å². The van der Waals surface area contributed by atoms with Gasteiger partial charge in [-0.2, -0.15) is 0 Å². The van der Waals surface area contributed by atoms with Crippen LogP contribution in [0.4, 0.5) is 5.69 Å². The minimum atomic E-state index is -0.769. The number of amides is 3. The first-order valence-electron chi connectivity index (χ1n) is 9.97. The molecule has 6 heteroatoms. The molecule has 2 aromatic rings. The van der Waals surface area contributed by atoms with Gasteiger partial charge in [0.15, 0.2) is 0 Å². The van der Waals surface area contributed by atoms with Crippen LogP contribution in [-0.2, 0) is 9.59 Å². The Bertz CT molecular complexity index is 951. The number of imide groups is 1. The number of carbonyl (C=O) groups excluding carboxylic acids is 3. The number of halogens is 1. The lowest BCUT2D eigenvalue weighted by molar-refractivity contribution is -0.123. The zero-order chi connectivity index (χ0) is 20.5. The maximum atomic E-state index is 13.4. The van der Waals surface area contributed by atoms with Crippen LogP contribution < -0.4 is 4.90 Å². The average molecular weight is 411 g/mol. The smallest absolute Gasteiger partial charge is 0.257 e. The van der Waals surface area contributed by atoms with E-state index in [9.17, 15) is 14.4 Å². The Morgan fingerprint density at radius 1 is 1.07 bits per heavy atom. The molecule has 2 fully saturated rings. The van der Waals surface area contributed by atoms with Gasteiger partial charge in [-0.3, -0.25) is 14.4 Å². The van der Waals surface area contributed by atoms with Crippen LogP contribution >= 0.6 is 11.6 Å². The number of hydrogen-bond acceptors (Lipinski definition) is 3. The van der Waals surface area contributed by atoms with E-state index in [2.05, 4.69) is 0 Å². The molecule has 1 unspecified atom stereocenters. The van der Waals surface area contributed by atoms with E-state index >= 15 is 0 Å². The number of rotatable bonds is 4. The third-order valence-corrected chi connectivity index (χ3v) is 6.01. The fourth-order valence-electron chi connectivity index (χ4n) is 4.37. The highest BCUT2D eigenvalue weighted by atomic mass is 35.5. The molecule has 0 spiro atoms. The van der Waals surface area contributed by atoms with E-state index in [1.54, 1.807) is 35.2 Å². The number of benzene rings is 2. The summed E-state index contributed by atoms with van der Waals surface area (Å²) < 4.78 is 0. The second kappa shape index (κ2) is 7.99. The lowest BCUT2D eigenvalue weighted by atomic mass is 10.0. The third-order valence-electron chi connectivity index (χ3n) is 5.76. The van der Waals surface area contributed by atoms with Gasteiger partial charge in [-0.05, 0) is 56.2 Å². The lowest BCUT2D eigenvalue weighted by Gasteiger charge is -2.33. The zero-order valence-electron chi connectivity index (χ0n) is 16.3. The van der Waals surface area contributed by atoms with E-state index in [0.29, 0.717) is 16.3 Å². The summed E-state index contributed by atoms with van der Waals surface area (Å²) in [4.78, 5) is 42.3. The van der Waals surface area contributed by atoms with Crippen molar-refractivity contribution in [1.29, 1.82) is 0 Å². The van der Waals surface area contributed by atoms with Crippen molar-refractivity contribution in [3.05, 3.63) is 64.7 Å². The molecular formula is C23H23ClN2O3. The Balaban J connectivity index is 1.67. The topological polar surface area (TPSA) is 57.7 Å². The second-order valence-corrected chi connectivity index (χ2v) is 8.22. The number of anilines is 1. The van der Waals surface area contributed by atoms with E-state index < -0.39 is 6.04 Å². The first-order chi connectivity index (χ1) is 14.0. The Labute approximate surface area is 175 Å². The average Bonchev–Trinajstić information content (AvgIpc) is 3.32. The van der Waals surface area contributed by atoms with E-state index in [-0.39, 0.29) is 30.2 Å². The largest absolute Gasteiger partial charge is 0.323 e. The van der Waals surface area contributed by atoms with Crippen LogP contribution in [0.15, 0.2) is 48.5 Å².